The third-order valence-electron chi connectivity index (χ3n) is 3.72. The number of amides is 1. The lowest BCUT2D eigenvalue weighted by atomic mass is 10.1. The normalized spacial score (nSPS) is 11.9. The monoisotopic (exact) mass is 340 g/mol. The Kier molecular flexibility index (Phi) is 4.99. The molecule has 1 atom stereocenters. The fourth-order valence-electron chi connectivity index (χ4n) is 2.41. The van der Waals surface area contributed by atoms with Crippen LogP contribution in [0.5, 0.6) is 0 Å². The minimum Gasteiger partial charge on any atom is -0.387 e. The zero-order chi connectivity index (χ0) is 16.9. The molecule has 4 nitrogen and oxygen atoms in total. The SMILES string of the molecule is O=C(NCC(O)c1ccc(Cl)cc1)c1cccc(-n2cccc2)c1. The van der Waals surface area contributed by atoms with Crippen molar-refractivity contribution in [1.29, 1.82) is 0 Å². The van der Waals surface area contributed by atoms with Gasteiger partial charge in [-0.2, -0.15) is 0 Å². The molecule has 2 aromatic carbocycles. The van der Waals surface area contributed by atoms with E-state index in [0.29, 0.717) is 16.1 Å². The van der Waals surface area contributed by atoms with E-state index in [4.69, 9.17) is 11.6 Å². The Morgan fingerprint density at radius 3 is 2.50 bits per heavy atom. The molecule has 5 heteroatoms. The number of benzene rings is 2. The predicted molar refractivity (Wildman–Crippen MR) is 94.5 cm³/mol. The van der Waals surface area contributed by atoms with Gasteiger partial charge in [0.1, 0.15) is 0 Å². The van der Waals surface area contributed by atoms with E-state index >= 15 is 0 Å². The van der Waals surface area contributed by atoms with Gasteiger partial charge in [0, 0.05) is 35.2 Å². The van der Waals surface area contributed by atoms with Crippen molar-refractivity contribution in [2.24, 2.45) is 0 Å². The highest BCUT2D eigenvalue weighted by Gasteiger charge is 2.11. The summed E-state index contributed by atoms with van der Waals surface area (Å²) in [5.41, 5.74) is 2.16. The highest BCUT2D eigenvalue weighted by molar-refractivity contribution is 6.30. The van der Waals surface area contributed by atoms with Crippen molar-refractivity contribution < 1.29 is 9.90 Å². The summed E-state index contributed by atoms with van der Waals surface area (Å²) in [6.07, 6.45) is 3.06. The van der Waals surface area contributed by atoms with Gasteiger partial charge in [-0.05, 0) is 48.0 Å². The molecule has 1 aromatic heterocycles. The maximum Gasteiger partial charge on any atom is 0.251 e. The maximum absolute atomic E-state index is 12.3. The molecule has 0 bridgehead atoms. The molecule has 1 amide bonds. The minimum absolute atomic E-state index is 0.133. The van der Waals surface area contributed by atoms with Crippen LogP contribution in [0, 0.1) is 0 Å². The summed E-state index contributed by atoms with van der Waals surface area (Å²) in [6, 6.07) is 18.1. The molecular formula is C19H17ClN2O2. The van der Waals surface area contributed by atoms with Crippen LogP contribution in [0.1, 0.15) is 22.0 Å². The average Bonchev–Trinajstić information content (AvgIpc) is 3.15. The third kappa shape index (κ3) is 3.85. The number of carbonyl (C=O) groups excluding carboxylic acids is 1. The Hall–Kier alpha value is -2.56. The number of rotatable bonds is 5. The summed E-state index contributed by atoms with van der Waals surface area (Å²) in [7, 11) is 0. The molecule has 0 aliphatic heterocycles. The Labute approximate surface area is 145 Å². The van der Waals surface area contributed by atoms with Crippen molar-refractivity contribution in [2.75, 3.05) is 6.54 Å². The number of hydrogen-bond acceptors (Lipinski definition) is 2. The fraction of sp³-hybridized carbons (Fsp3) is 0.105. The van der Waals surface area contributed by atoms with E-state index in [1.807, 2.05) is 47.3 Å². The first-order valence-corrected chi connectivity index (χ1v) is 7.96. The van der Waals surface area contributed by atoms with Gasteiger partial charge in [-0.3, -0.25) is 4.79 Å². The van der Waals surface area contributed by atoms with Gasteiger partial charge in [0.2, 0.25) is 0 Å². The number of nitrogens with zero attached hydrogens (tertiary/aromatic N) is 1. The van der Waals surface area contributed by atoms with Crippen LogP contribution in [-0.4, -0.2) is 22.1 Å². The fourth-order valence-corrected chi connectivity index (χ4v) is 2.53. The predicted octanol–water partition coefficient (Wildman–Crippen LogP) is 3.59. The maximum atomic E-state index is 12.3. The van der Waals surface area contributed by atoms with Crippen LogP contribution in [0.15, 0.2) is 73.1 Å². The quantitative estimate of drug-likeness (QED) is 0.745. The lowest BCUT2D eigenvalue weighted by molar-refractivity contribution is 0.0916. The second-order valence-corrected chi connectivity index (χ2v) is 5.85. The summed E-state index contributed by atoms with van der Waals surface area (Å²) < 4.78 is 1.93. The van der Waals surface area contributed by atoms with E-state index in [9.17, 15) is 9.90 Å². The highest BCUT2D eigenvalue weighted by atomic mass is 35.5. The van der Waals surface area contributed by atoms with Crippen LogP contribution in [0.3, 0.4) is 0 Å². The smallest absolute Gasteiger partial charge is 0.251 e. The van der Waals surface area contributed by atoms with Crippen LogP contribution in [0.2, 0.25) is 5.02 Å². The molecule has 3 aromatic rings. The van der Waals surface area contributed by atoms with E-state index < -0.39 is 6.10 Å². The van der Waals surface area contributed by atoms with E-state index in [0.717, 1.165) is 5.69 Å². The zero-order valence-corrected chi connectivity index (χ0v) is 13.6. The summed E-state index contributed by atoms with van der Waals surface area (Å²) in [4.78, 5) is 12.3. The second kappa shape index (κ2) is 7.34. The van der Waals surface area contributed by atoms with Crippen molar-refractivity contribution in [2.45, 2.75) is 6.10 Å². The van der Waals surface area contributed by atoms with Gasteiger partial charge in [-0.15, -0.1) is 0 Å². The van der Waals surface area contributed by atoms with Gasteiger partial charge in [0.05, 0.1) is 6.10 Å². The lowest BCUT2D eigenvalue weighted by Gasteiger charge is -2.13. The van der Waals surface area contributed by atoms with Gasteiger partial charge in [-0.1, -0.05) is 29.8 Å². The molecule has 0 aliphatic carbocycles. The van der Waals surface area contributed by atoms with Crippen molar-refractivity contribution in [1.82, 2.24) is 9.88 Å². The number of aromatic nitrogens is 1. The van der Waals surface area contributed by atoms with Crippen LogP contribution in [0.4, 0.5) is 0 Å². The summed E-state index contributed by atoms with van der Waals surface area (Å²) in [6.45, 7) is 0.133. The Bertz CT molecular complexity index is 814. The minimum atomic E-state index is -0.779. The molecule has 122 valence electrons. The summed E-state index contributed by atoms with van der Waals surface area (Å²) >= 11 is 5.83. The molecule has 3 rings (SSSR count). The van der Waals surface area contributed by atoms with Crippen LogP contribution >= 0.6 is 11.6 Å². The van der Waals surface area contributed by atoms with Crippen LogP contribution < -0.4 is 5.32 Å². The number of carbonyl (C=O) groups is 1. The average molecular weight is 341 g/mol. The first kappa shape index (κ1) is 16.3. The van der Waals surface area contributed by atoms with Gasteiger partial charge in [0.25, 0.3) is 5.91 Å². The van der Waals surface area contributed by atoms with E-state index in [1.165, 1.54) is 0 Å². The van der Waals surface area contributed by atoms with Gasteiger partial charge < -0.3 is 15.0 Å². The van der Waals surface area contributed by atoms with Crippen molar-refractivity contribution >= 4 is 17.5 Å². The number of hydrogen-bond donors (Lipinski definition) is 2. The van der Waals surface area contributed by atoms with Gasteiger partial charge >= 0.3 is 0 Å². The standard InChI is InChI=1S/C19H17ClN2O2/c20-16-8-6-14(7-9-16)18(23)13-21-19(24)15-4-3-5-17(12-15)22-10-1-2-11-22/h1-12,18,23H,13H2,(H,21,24). The molecule has 1 heterocycles. The highest BCUT2D eigenvalue weighted by Crippen LogP contribution is 2.16. The Morgan fingerprint density at radius 1 is 1.08 bits per heavy atom. The Balaban J connectivity index is 1.65. The molecule has 0 radical (unpaired) electrons. The molecule has 0 aliphatic rings. The summed E-state index contributed by atoms with van der Waals surface area (Å²) in [5, 5.41) is 13.5. The third-order valence-corrected chi connectivity index (χ3v) is 3.97. The molecule has 24 heavy (non-hydrogen) atoms. The molecule has 2 N–H and O–H groups in total. The largest absolute Gasteiger partial charge is 0.387 e. The van der Waals surface area contributed by atoms with E-state index in [1.54, 1.807) is 30.3 Å². The number of aliphatic hydroxyl groups is 1. The van der Waals surface area contributed by atoms with Crippen LogP contribution in [-0.2, 0) is 0 Å². The van der Waals surface area contributed by atoms with Gasteiger partial charge in [-0.25, -0.2) is 0 Å². The first-order chi connectivity index (χ1) is 11.6. The first-order valence-electron chi connectivity index (χ1n) is 7.58. The molecular weight excluding hydrogens is 324 g/mol. The zero-order valence-electron chi connectivity index (χ0n) is 12.9. The molecule has 1 unspecified atom stereocenters. The summed E-state index contributed by atoms with van der Waals surface area (Å²) in [5.74, 6) is -0.225. The number of aliphatic hydroxyl groups excluding tert-OH is 1. The van der Waals surface area contributed by atoms with Crippen molar-refractivity contribution in [3.8, 4) is 5.69 Å². The van der Waals surface area contributed by atoms with Gasteiger partial charge in [0.15, 0.2) is 0 Å². The van der Waals surface area contributed by atoms with Crippen LogP contribution in [0.25, 0.3) is 5.69 Å². The van der Waals surface area contributed by atoms with E-state index in [2.05, 4.69) is 5.32 Å². The van der Waals surface area contributed by atoms with Crippen molar-refractivity contribution in [3.63, 3.8) is 0 Å². The number of halogens is 1. The Morgan fingerprint density at radius 2 is 1.79 bits per heavy atom. The topological polar surface area (TPSA) is 54.3 Å². The number of nitrogens with one attached hydrogen (secondary N) is 1. The second-order valence-electron chi connectivity index (χ2n) is 5.42. The molecule has 0 saturated heterocycles. The van der Waals surface area contributed by atoms with E-state index in [-0.39, 0.29) is 12.5 Å². The molecule has 0 spiro atoms. The lowest BCUT2D eigenvalue weighted by Crippen LogP contribution is -2.28. The van der Waals surface area contributed by atoms with Crippen molar-refractivity contribution in [3.05, 3.63) is 89.2 Å². The molecule has 0 saturated carbocycles. The molecule has 0 fully saturated rings.